The summed E-state index contributed by atoms with van der Waals surface area (Å²) in [6.45, 7) is 5.27. The van der Waals surface area contributed by atoms with E-state index in [0.29, 0.717) is 35.4 Å². The van der Waals surface area contributed by atoms with Crippen molar-refractivity contribution in [2.45, 2.75) is 89.5 Å². The predicted octanol–water partition coefficient (Wildman–Crippen LogP) is 5.38. The SMILES string of the molecule is Cc1cc(O)c2c(c1)/C=C/C[C@H](O)[C@H](O)C(=O)/C=C\[C@@H](C(F)(F)F)[C@H](C)OC2=O.Cc1cc(O)c2c(c1)/C=C/C[C@H](O)[C@H](O)C(=O)/C=C\[C@H](C(F)(F)F)[C@H](C)OC2=O. The van der Waals surface area contributed by atoms with Crippen molar-refractivity contribution in [1.82, 2.24) is 0 Å². The van der Waals surface area contributed by atoms with Gasteiger partial charge >= 0.3 is 24.3 Å². The second kappa shape index (κ2) is 19.4. The molecule has 18 heteroatoms. The molecule has 58 heavy (non-hydrogen) atoms. The standard InChI is InChI=1S/2C20H21F3O6/c2*1-10-8-12-4-3-5-14(24)18(27)15(25)7-6-13(20(21,22)23)11(2)29-19(28)17(12)16(26)9-10/h2*3-4,6-9,11,13-14,18,24,26-27H,5H2,1-2H3/b2*4-3+,7-6-/t11-,13+,14-,18-;11-,13-,14-,18-/m00/s1. The molecule has 0 bridgehead atoms. The van der Waals surface area contributed by atoms with Crippen molar-refractivity contribution in [3.05, 3.63) is 94.1 Å². The van der Waals surface area contributed by atoms with Gasteiger partial charge in [0, 0.05) is 0 Å². The van der Waals surface area contributed by atoms with Gasteiger partial charge in [0.25, 0.3) is 0 Å². The van der Waals surface area contributed by atoms with Gasteiger partial charge in [-0.1, -0.05) is 48.6 Å². The van der Waals surface area contributed by atoms with Crippen LogP contribution in [-0.4, -0.2) is 103 Å². The van der Waals surface area contributed by atoms with Gasteiger partial charge in [-0.2, -0.15) is 26.3 Å². The maximum absolute atomic E-state index is 13.4. The normalized spacial score (nSPS) is 28.8. The van der Waals surface area contributed by atoms with Gasteiger partial charge < -0.3 is 40.1 Å². The van der Waals surface area contributed by atoms with E-state index in [2.05, 4.69) is 0 Å². The molecule has 2 aliphatic rings. The van der Waals surface area contributed by atoms with E-state index >= 15 is 0 Å². The molecular weight excluding hydrogens is 786 g/mol. The van der Waals surface area contributed by atoms with Crippen molar-refractivity contribution in [2.75, 3.05) is 0 Å². The minimum atomic E-state index is -4.85. The zero-order chi connectivity index (χ0) is 43.9. The van der Waals surface area contributed by atoms with Gasteiger partial charge in [-0.3, -0.25) is 9.59 Å². The van der Waals surface area contributed by atoms with Gasteiger partial charge in [-0.15, -0.1) is 0 Å². The first-order valence-electron chi connectivity index (χ1n) is 17.5. The van der Waals surface area contributed by atoms with Crippen LogP contribution in [0, 0.1) is 25.7 Å². The van der Waals surface area contributed by atoms with Gasteiger partial charge in [0.15, 0.2) is 11.6 Å². The number of ether oxygens (including phenoxy) is 2. The third kappa shape index (κ3) is 12.3. The maximum atomic E-state index is 13.4. The van der Waals surface area contributed by atoms with Crippen LogP contribution in [0.5, 0.6) is 11.5 Å². The highest BCUT2D eigenvalue weighted by Crippen LogP contribution is 2.35. The van der Waals surface area contributed by atoms with Crippen LogP contribution in [-0.2, 0) is 19.1 Å². The van der Waals surface area contributed by atoms with E-state index in [1.807, 2.05) is 0 Å². The van der Waals surface area contributed by atoms with E-state index in [4.69, 9.17) is 9.47 Å². The lowest BCUT2D eigenvalue weighted by molar-refractivity contribution is -0.183. The van der Waals surface area contributed by atoms with E-state index in [1.165, 1.54) is 48.6 Å². The molecule has 6 N–H and O–H groups in total. The molecule has 0 amide bonds. The first-order chi connectivity index (χ1) is 26.8. The molecule has 0 radical (unpaired) electrons. The summed E-state index contributed by atoms with van der Waals surface area (Å²) in [5.41, 5.74) is 0.797. The number of benzene rings is 2. The summed E-state index contributed by atoms with van der Waals surface area (Å²) < 4.78 is 90.3. The summed E-state index contributed by atoms with van der Waals surface area (Å²) in [7, 11) is 0. The number of halogens is 6. The number of hydrogen-bond donors (Lipinski definition) is 6. The fraction of sp³-hybridized carbons (Fsp3) is 0.400. The Balaban J connectivity index is 0.000000310. The zero-order valence-corrected chi connectivity index (χ0v) is 31.4. The summed E-state index contributed by atoms with van der Waals surface area (Å²) in [5, 5.41) is 59.8. The van der Waals surface area contributed by atoms with Crippen LogP contribution in [0.1, 0.15) is 69.7 Å². The molecule has 0 aliphatic carbocycles. The van der Waals surface area contributed by atoms with Crippen LogP contribution in [0.2, 0.25) is 0 Å². The molecule has 2 heterocycles. The van der Waals surface area contributed by atoms with Crippen molar-refractivity contribution in [3.63, 3.8) is 0 Å². The van der Waals surface area contributed by atoms with Crippen molar-refractivity contribution in [1.29, 1.82) is 0 Å². The monoisotopic (exact) mass is 828 g/mol. The summed E-state index contributed by atoms with van der Waals surface area (Å²) in [6, 6.07) is 5.52. The largest absolute Gasteiger partial charge is 0.507 e. The summed E-state index contributed by atoms with van der Waals surface area (Å²) in [6.07, 6.45) is -13.2. The van der Waals surface area contributed by atoms with Crippen LogP contribution in [0.4, 0.5) is 26.3 Å². The van der Waals surface area contributed by atoms with Crippen molar-refractivity contribution < 1.29 is 85.6 Å². The first-order valence-corrected chi connectivity index (χ1v) is 17.5. The number of aliphatic hydroxyl groups is 4. The minimum absolute atomic E-state index is 0.156. The van der Waals surface area contributed by atoms with Gasteiger partial charge in [-0.25, -0.2) is 9.59 Å². The highest BCUT2D eigenvalue weighted by molar-refractivity contribution is 5.98. The molecule has 2 aliphatic heterocycles. The third-order valence-corrected chi connectivity index (χ3v) is 8.94. The molecule has 2 aromatic rings. The number of ketones is 2. The van der Waals surface area contributed by atoms with E-state index < -0.39 is 95.8 Å². The maximum Gasteiger partial charge on any atom is 0.398 e. The Morgan fingerprint density at radius 2 is 0.897 bits per heavy atom. The Kier molecular flexibility index (Phi) is 15.8. The topological polar surface area (TPSA) is 208 Å². The minimum Gasteiger partial charge on any atom is -0.507 e. The molecule has 316 valence electrons. The lowest BCUT2D eigenvalue weighted by Gasteiger charge is -2.24. The van der Waals surface area contributed by atoms with Gasteiger partial charge in [-0.05, 0) is 87.1 Å². The molecule has 0 saturated carbocycles. The van der Waals surface area contributed by atoms with Crippen LogP contribution < -0.4 is 0 Å². The van der Waals surface area contributed by atoms with E-state index in [0.717, 1.165) is 13.8 Å². The smallest absolute Gasteiger partial charge is 0.398 e. The highest BCUT2D eigenvalue weighted by Gasteiger charge is 2.45. The summed E-state index contributed by atoms with van der Waals surface area (Å²) in [5.74, 6) is -10.2. The average molecular weight is 829 g/mol. The fourth-order valence-corrected chi connectivity index (χ4v) is 5.86. The lowest BCUT2D eigenvalue weighted by Crippen LogP contribution is -2.36. The number of esters is 2. The Bertz CT molecular complexity index is 1830. The highest BCUT2D eigenvalue weighted by atomic mass is 19.4. The molecule has 12 nitrogen and oxygen atoms in total. The number of hydrogen-bond acceptors (Lipinski definition) is 12. The predicted molar refractivity (Wildman–Crippen MR) is 194 cm³/mol. The zero-order valence-electron chi connectivity index (χ0n) is 31.4. The summed E-state index contributed by atoms with van der Waals surface area (Å²) >= 11 is 0. The fourth-order valence-electron chi connectivity index (χ4n) is 5.86. The van der Waals surface area contributed by atoms with Gasteiger partial charge in [0.2, 0.25) is 0 Å². The number of aryl methyl sites for hydroxylation is 2. The molecular formula is C40H42F6O12. The number of cyclic esters (lactones) is 2. The number of rotatable bonds is 0. The molecule has 4 rings (SSSR count). The molecule has 0 fully saturated rings. The molecule has 0 spiro atoms. The van der Waals surface area contributed by atoms with Crippen molar-refractivity contribution in [3.8, 4) is 11.5 Å². The molecule has 2 aromatic carbocycles. The Morgan fingerprint density at radius 3 is 1.21 bits per heavy atom. The second-order valence-corrected chi connectivity index (χ2v) is 13.7. The molecule has 0 unspecified atom stereocenters. The summed E-state index contributed by atoms with van der Waals surface area (Å²) in [4.78, 5) is 48.8. The quantitative estimate of drug-likeness (QED) is 0.146. The first kappa shape index (κ1) is 47.1. The molecule has 0 aromatic heterocycles. The number of phenols is 2. The number of alkyl halides is 6. The number of carbonyl (C=O) groups excluding carboxylic acids is 4. The third-order valence-electron chi connectivity index (χ3n) is 8.94. The van der Waals surface area contributed by atoms with Gasteiger partial charge in [0.05, 0.1) is 12.2 Å². The van der Waals surface area contributed by atoms with Crippen LogP contribution in [0.15, 0.2) is 60.7 Å². The van der Waals surface area contributed by atoms with E-state index in [9.17, 15) is 76.2 Å². The van der Waals surface area contributed by atoms with Crippen LogP contribution >= 0.6 is 0 Å². The second-order valence-electron chi connectivity index (χ2n) is 13.7. The number of carbonyl (C=O) groups is 4. The van der Waals surface area contributed by atoms with E-state index in [1.54, 1.807) is 13.8 Å². The number of aromatic hydroxyl groups is 2. The van der Waals surface area contributed by atoms with Crippen molar-refractivity contribution >= 4 is 35.7 Å². The van der Waals surface area contributed by atoms with Crippen LogP contribution in [0.25, 0.3) is 12.2 Å². The van der Waals surface area contributed by atoms with Crippen molar-refractivity contribution in [2.24, 2.45) is 11.8 Å². The number of phenolic OH excluding ortho intramolecular Hbond substituents is 2. The number of fused-ring (bicyclic) bond motifs is 2. The average Bonchev–Trinajstić information content (AvgIpc) is 3.08. The lowest BCUT2D eigenvalue weighted by atomic mass is 9.97. The Hall–Kier alpha value is -5.30. The van der Waals surface area contributed by atoms with Crippen LogP contribution in [0.3, 0.4) is 0 Å². The molecule has 0 saturated heterocycles. The van der Waals surface area contributed by atoms with Gasteiger partial charge in [0.1, 0.15) is 58.9 Å². The molecule has 8 atom stereocenters. The Morgan fingerprint density at radius 1 is 0.569 bits per heavy atom. The Labute approximate surface area is 328 Å². The number of aliphatic hydroxyl groups excluding tert-OH is 4. The van der Waals surface area contributed by atoms with E-state index in [-0.39, 0.29) is 35.1 Å².